The summed E-state index contributed by atoms with van der Waals surface area (Å²) >= 11 is 0. The molecule has 0 bridgehead atoms. The molecule has 33 heavy (non-hydrogen) atoms. The quantitative estimate of drug-likeness (QED) is 0.0976. The summed E-state index contributed by atoms with van der Waals surface area (Å²) in [6.45, 7) is 5.28. The summed E-state index contributed by atoms with van der Waals surface area (Å²) in [6, 6.07) is 0. The number of rotatable bonds is 23. The van der Waals surface area contributed by atoms with Crippen LogP contribution < -0.4 is 0 Å². The topological polar surface area (TPSA) is 108 Å². The molecule has 0 fully saturated rings. The van der Waals surface area contributed by atoms with Crippen molar-refractivity contribution in [2.45, 2.75) is 123 Å². The Labute approximate surface area is 200 Å². The van der Waals surface area contributed by atoms with Crippen LogP contribution >= 0.6 is 7.82 Å². The summed E-state index contributed by atoms with van der Waals surface area (Å²) in [5.41, 5.74) is 0. The molecule has 0 heterocycles. The number of hydrogen-bond acceptors (Lipinski definition) is 7. The minimum Gasteiger partial charge on any atom is -0.462 e. The fraction of sp³-hybridized carbons (Fsp3) is 0.917. The number of esters is 2. The third-order valence-electron chi connectivity index (χ3n) is 5.16. The fourth-order valence-electron chi connectivity index (χ4n) is 3.27. The van der Waals surface area contributed by atoms with Crippen LogP contribution in [0.4, 0.5) is 0 Å². The van der Waals surface area contributed by atoms with Gasteiger partial charge in [-0.1, -0.05) is 84.5 Å². The minimum absolute atomic E-state index is 0.00355. The van der Waals surface area contributed by atoms with Gasteiger partial charge < -0.3 is 14.4 Å². The zero-order valence-corrected chi connectivity index (χ0v) is 22.0. The molecule has 0 rings (SSSR count). The van der Waals surface area contributed by atoms with E-state index in [9.17, 15) is 19.0 Å². The van der Waals surface area contributed by atoms with E-state index >= 15 is 0 Å². The van der Waals surface area contributed by atoms with Crippen molar-refractivity contribution in [3.8, 4) is 0 Å². The molecular weight excluding hydrogens is 447 g/mol. The van der Waals surface area contributed by atoms with E-state index < -0.39 is 19.9 Å². The van der Waals surface area contributed by atoms with Gasteiger partial charge in [0.25, 0.3) is 0 Å². The van der Waals surface area contributed by atoms with Gasteiger partial charge in [-0.15, -0.1) is 0 Å². The molecular formula is C24H47O8P. The maximum Gasteiger partial charge on any atom is 0.472 e. The molecule has 0 radical (unpaired) electrons. The largest absolute Gasteiger partial charge is 0.472 e. The molecule has 0 saturated carbocycles. The lowest BCUT2D eigenvalue weighted by atomic mass is 10.1. The molecule has 0 aliphatic carbocycles. The second kappa shape index (κ2) is 21.6. The van der Waals surface area contributed by atoms with E-state index in [0.29, 0.717) is 12.8 Å². The molecule has 0 aromatic heterocycles. The van der Waals surface area contributed by atoms with Crippen molar-refractivity contribution in [2.24, 2.45) is 0 Å². The predicted octanol–water partition coefficient (Wildman–Crippen LogP) is 6.49. The number of phosphoric acid groups is 1. The molecule has 1 unspecified atom stereocenters. The minimum atomic E-state index is -4.24. The number of carbonyl (C=O) groups excluding carboxylic acids is 2. The first-order valence-electron chi connectivity index (χ1n) is 12.8. The summed E-state index contributed by atoms with van der Waals surface area (Å²) in [5, 5.41) is 0. The average Bonchev–Trinajstić information content (AvgIpc) is 2.77. The Morgan fingerprint density at radius 3 is 1.70 bits per heavy atom. The van der Waals surface area contributed by atoms with E-state index in [1.54, 1.807) is 6.92 Å². The third-order valence-corrected chi connectivity index (χ3v) is 6.22. The molecule has 1 N–H and O–H groups in total. The zero-order valence-electron chi connectivity index (χ0n) is 21.1. The summed E-state index contributed by atoms with van der Waals surface area (Å²) in [7, 11) is -4.24. The van der Waals surface area contributed by atoms with E-state index in [-0.39, 0.29) is 32.2 Å². The molecule has 9 heteroatoms. The standard InChI is InChI=1S/C24H47O8P/c1-4-7-9-11-12-13-15-16-18-23(25)29-20-22(21-31-33(27,28)30-6-3)32-24(26)19-17-14-10-8-5-2/h22H,4-21H2,1-3H3,(H,27,28)/t22-/m0/s1. The third kappa shape index (κ3) is 21.3. The lowest BCUT2D eigenvalue weighted by molar-refractivity contribution is -0.161. The van der Waals surface area contributed by atoms with Gasteiger partial charge in [0, 0.05) is 12.8 Å². The van der Waals surface area contributed by atoms with Crippen LogP contribution in [0.25, 0.3) is 0 Å². The number of carbonyl (C=O) groups is 2. The van der Waals surface area contributed by atoms with Crippen LogP contribution in [-0.4, -0.2) is 42.8 Å². The molecule has 8 nitrogen and oxygen atoms in total. The molecule has 0 saturated heterocycles. The van der Waals surface area contributed by atoms with Gasteiger partial charge in [0.1, 0.15) is 6.61 Å². The van der Waals surface area contributed by atoms with Crippen molar-refractivity contribution in [1.82, 2.24) is 0 Å². The number of unbranched alkanes of at least 4 members (excludes halogenated alkanes) is 11. The molecule has 196 valence electrons. The van der Waals surface area contributed by atoms with Gasteiger partial charge in [-0.25, -0.2) is 4.57 Å². The van der Waals surface area contributed by atoms with E-state index in [1.165, 1.54) is 32.1 Å². The Balaban J connectivity index is 4.33. The Morgan fingerprint density at radius 2 is 1.18 bits per heavy atom. The van der Waals surface area contributed by atoms with Crippen LogP contribution in [0.2, 0.25) is 0 Å². The molecule has 0 aliphatic heterocycles. The van der Waals surface area contributed by atoms with Crippen LogP contribution in [0, 0.1) is 0 Å². The lowest BCUT2D eigenvalue weighted by Crippen LogP contribution is -2.29. The van der Waals surface area contributed by atoms with Crippen molar-refractivity contribution >= 4 is 19.8 Å². The first-order valence-corrected chi connectivity index (χ1v) is 14.3. The lowest BCUT2D eigenvalue weighted by Gasteiger charge is -2.19. The summed E-state index contributed by atoms with van der Waals surface area (Å²) < 4.78 is 31.9. The van der Waals surface area contributed by atoms with Crippen molar-refractivity contribution in [3.05, 3.63) is 0 Å². The Kier molecular flexibility index (Phi) is 21.0. The van der Waals surface area contributed by atoms with Gasteiger partial charge in [0.05, 0.1) is 13.2 Å². The zero-order chi connectivity index (χ0) is 24.8. The maximum atomic E-state index is 12.1. The molecule has 0 spiro atoms. The van der Waals surface area contributed by atoms with Gasteiger partial charge in [0.2, 0.25) is 0 Å². The number of hydrogen-bond donors (Lipinski definition) is 1. The summed E-state index contributed by atoms with van der Waals surface area (Å²) in [5.74, 6) is -0.818. The first kappa shape index (κ1) is 32.0. The van der Waals surface area contributed by atoms with Crippen LogP contribution in [0.5, 0.6) is 0 Å². The smallest absolute Gasteiger partial charge is 0.462 e. The normalized spacial score (nSPS) is 13.9. The Bertz CT molecular complexity index is 541. The van der Waals surface area contributed by atoms with Gasteiger partial charge in [0.15, 0.2) is 6.10 Å². The summed E-state index contributed by atoms with van der Waals surface area (Å²) in [6.07, 6.45) is 13.6. The molecule has 0 aromatic rings. The van der Waals surface area contributed by atoms with Crippen LogP contribution in [0.3, 0.4) is 0 Å². The summed E-state index contributed by atoms with van der Waals surface area (Å²) in [4.78, 5) is 33.8. The van der Waals surface area contributed by atoms with Gasteiger partial charge >= 0.3 is 19.8 Å². The van der Waals surface area contributed by atoms with Crippen molar-refractivity contribution in [3.63, 3.8) is 0 Å². The fourth-order valence-corrected chi connectivity index (χ4v) is 4.03. The highest BCUT2D eigenvalue weighted by atomic mass is 31.2. The van der Waals surface area contributed by atoms with Gasteiger partial charge in [-0.05, 0) is 19.8 Å². The van der Waals surface area contributed by atoms with E-state index in [0.717, 1.165) is 44.9 Å². The van der Waals surface area contributed by atoms with E-state index in [1.807, 2.05) is 0 Å². The van der Waals surface area contributed by atoms with Gasteiger partial charge in [-0.2, -0.15) is 0 Å². The Morgan fingerprint density at radius 1 is 0.697 bits per heavy atom. The number of ether oxygens (including phenoxy) is 2. The molecule has 2 atom stereocenters. The van der Waals surface area contributed by atoms with Crippen LogP contribution in [-0.2, 0) is 32.7 Å². The first-order chi connectivity index (χ1) is 15.8. The highest BCUT2D eigenvalue weighted by Crippen LogP contribution is 2.43. The molecule has 0 aromatic carbocycles. The van der Waals surface area contributed by atoms with Crippen LogP contribution in [0.15, 0.2) is 0 Å². The highest BCUT2D eigenvalue weighted by Gasteiger charge is 2.25. The maximum absolute atomic E-state index is 12.1. The van der Waals surface area contributed by atoms with Crippen molar-refractivity contribution < 1.29 is 37.6 Å². The highest BCUT2D eigenvalue weighted by molar-refractivity contribution is 7.47. The molecule has 0 amide bonds. The van der Waals surface area contributed by atoms with Crippen LogP contribution in [0.1, 0.15) is 117 Å². The van der Waals surface area contributed by atoms with Gasteiger partial charge in [-0.3, -0.25) is 18.6 Å². The second-order valence-corrected chi connectivity index (χ2v) is 9.82. The SMILES string of the molecule is CCCCCCCCCCC(=O)OC[C@@H](COP(=O)(O)OCC)OC(=O)CCCCCCC. The average molecular weight is 495 g/mol. The Hall–Kier alpha value is -0.950. The predicted molar refractivity (Wildman–Crippen MR) is 129 cm³/mol. The van der Waals surface area contributed by atoms with E-state index in [2.05, 4.69) is 18.4 Å². The molecule has 0 aliphatic rings. The van der Waals surface area contributed by atoms with Crippen molar-refractivity contribution in [2.75, 3.05) is 19.8 Å². The second-order valence-electron chi connectivity index (χ2n) is 8.37. The van der Waals surface area contributed by atoms with E-state index in [4.69, 9.17) is 14.0 Å². The monoisotopic (exact) mass is 494 g/mol. The van der Waals surface area contributed by atoms with Crippen molar-refractivity contribution in [1.29, 1.82) is 0 Å². The number of phosphoric ester groups is 1.